The topological polar surface area (TPSA) is 30.2 Å². The number of pyridine rings is 1. The molecule has 1 unspecified atom stereocenters. The summed E-state index contributed by atoms with van der Waals surface area (Å²) < 4.78 is 39.6. The molecule has 0 aliphatic heterocycles. The van der Waals surface area contributed by atoms with E-state index in [1.54, 1.807) is 6.07 Å². The molecule has 2 rings (SSSR count). The van der Waals surface area contributed by atoms with E-state index in [9.17, 15) is 13.2 Å². The molecule has 1 atom stereocenters. The minimum Gasteiger partial charge on any atom is -0.216 e. The molecule has 0 spiro atoms. The van der Waals surface area contributed by atoms with Gasteiger partial charge in [-0.15, -0.1) is 0 Å². The lowest BCUT2D eigenvalue weighted by molar-refractivity contribution is -0.147. The third-order valence-electron chi connectivity index (χ3n) is 2.34. The molecule has 3 nitrogen and oxygen atoms in total. The van der Waals surface area contributed by atoms with Crippen LogP contribution in [0.2, 0.25) is 0 Å². The molecular formula is C9H7BrF3N3. The maximum absolute atomic E-state index is 12.6. The molecule has 0 aliphatic rings. The fourth-order valence-corrected chi connectivity index (χ4v) is 1.79. The molecule has 0 aliphatic carbocycles. The van der Waals surface area contributed by atoms with Crippen molar-refractivity contribution in [3.8, 4) is 0 Å². The van der Waals surface area contributed by atoms with Gasteiger partial charge in [0.05, 0.1) is 16.1 Å². The summed E-state index contributed by atoms with van der Waals surface area (Å²) in [6, 6.07) is 2.94. The van der Waals surface area contributed by atoms with Crippen LogP contribution in [-0.2, 0) is 0 Å². The number of hydrogen-bond acceptors (Lipinski definition) is 2. The Bertz CT molecular complexity index is 520. The Morgan fingerprint density at radius 2 is 2.06 bits per heavy atom. The molecule has 2 aromatic rings. The molecule has 16 heavy (non-hydrogen) atoms. The molecule has 2 heterocycles. The summed E-state index contributed by atoms with van der Waals surface area (Å²) in [6.45, 7) is 1.10. The zero-order valence-electron chi connectivity index (χ0n) is 8.16. The van der Waals surface area contributed by atoms with Crippen LogP contribution in [0.15, 0.2) is 22.9 Å². The highest BCUT2D eigenvalue weighted by Gasteiger charge is 2.38. The molecule has 0 saturated carbocycles. The standard InChI is InChI=1S/C9H7BrF3N3/c1-5(9(11,12)13)7-3-2-6(10)8-14-4-15-16(7)8/h2-5H,1H3. The van der Waals surface area contributed by atoms with Crippen LogP contribution in [0.5, 0.6) is 0 Å². The molecular weight excluding hydrogens is 287 g/mol. The summed E-state index contributed by atoms with van der Waals surface area (Å²) in [5.41, 5.74) is 0.455. The van der Waals surface area contributed by atoms with E-state index < -0.39 is 12.1 Å². The SMILES string of the molecule is CC(c1ccc(Br)c2ncnn12)C(F)(F)F. The van der Waals surface area contributed by atoms with Gasteiger partial charge in [-0.05, 0) is 35.0 Å². The highest BCUT2D eigenvalue weighted by atomic mass is 79.9. The van der Waals surface area contributed by atoms with Gasteiger partial charge < -0.3 is 0 Å². The molecule has 86 valence electrons. The average molecular weight is 294 g/mol. The fraction of sp³-hybridized carbons (Fsp3) is 0.333. The van der Waals surface area contributed by atoms with Gasteiger partial charge in [-0.2, -0.15) is 18.3 Å². The van der Waals surface area contributed by atoms with Crippen LogP contribution in [0, 0.1) is 0 Å². The molecule has 0 amide bonds. The number of rotatable bonds is 1. The smallest absolute Gasteiger partial charge is 0.216 e. The third-order valence-corrected chi connectivity index (χ3v) is 2.96. The van der Waals surface area contributed by atoms with Gasteiger partial charge in [0.25, 0.3) is 0 Å². The van der Waals surface area contributed by atoms with Crippen molar-refractivity contribution < 1.29 is 13.2 Å². The number of aromatic nitrogens is 3. The maximum atomic E-state index is 12.6. The Morgan fingerprint density at radius 1 is 1.38 bits per heavy atom. The van der Waals surface area contributed by atoms with Gasteiger partial charge in [-0.1, -0.05) is 0 Å². The summed E-state index contributed by atoms with van der Waals surface area (Å²) in [4.78, 5) is 3.88. The lowest BCUT2D eigenvalue weighted by Gasteiger charge is -2.16. The molecule has 0 N–H and O–H groups in total. The normalized spacial score (nSPS) is 14.3. The second-order valence-electron chi connectivity index (χ2n) is 3.36. The summed E-state index contributed by atoms with van der Waals surface area (Å²) in [5, 5.41) is 3.79. The minimum absolute atomic E-state index is 0.0724. The summed E-state index contributed by atoms with van der Waals surface area (Å²) >= 11 is 3.21. The summed E-state index contributed by atoms with van der Waals surface area (Å²) in [5.74, 6) is -1.58. The Balaban J connectivity index is 2.62. The number of hydrogen-bond donors (Lipinski definition) is 0. The van der Waals surface area contributed by atoms with Crippen molar-refractivity contribution in [1.29, 1.82) is 0 Å². The van der Waals surface area contributed by atoms with E-state index in [-0.39, 0.29) is 5.69 Å². The molecule has 7 heteroatoms. The van der Waals surface area contributed by atoms with Crippen molar-refractivity contribution in [2.24, 2.45) is 0 Å². The van der Waals surface area contributed by atoms with Crippen molar-refractivity contribution >= 4 is 21.6 Å². The summed E-state index contributed by atoms with van der Waals surface area (Å²) in [6.07, 6.45) is -3.06. The maximum Gasteiger partial charge on any atom is 0.396 e. The van der Waals surface area contributed by atoms with E-state index in [1.807, 2.05) is 0 Å². The van der Waals surface area contributed by atoms with E-state index in [4.69, 9.17) is 0 Å². The zero-order valence-corrected chi connectivity index (χ0v) is 9.75. The first-order valence-electron chi connectivity index (χ1n) is 4.46. The lowest BCUT2D eigenvalue weighted by Crippen LogP contribution is -2.20. The van der Waals surface area contributed by atoms with Crippen LogP contribution in [0.4, 0.5) is 13.2 Å². The molecule has 0 aromatic carbocycles. The second-order valence-corrected chi connectivity index (χ2v) is 4.22. The first-order chi connectivity index (χ1) is 7.41. The third kappa shape index (κ3) is 1.79. The molecule has 0 bridgehead atoms. The molecule has 2 aromatic heterocycles. The van der Waals surface area contributed by atoms with Crippen LogP contribution in [-0.4, -0.2) is 20.8 Å². The second kappa shape index (κ2) is 3.73. The van der Waals surface area contributed by atoms with E-state index >= 15 is 0 Å². The van der Waals surface area contributed by atoms with Crippen molar-refractivity contribution in [2.75, 3.05) is 0 Å². The van der Waals surface area contributed by atoms with Gasteiger partial charge in [0.15, 0.2) is 5.65 Å². The zero-order chi connectivity index (χ0) is 11.9. The first-order valence-corrected chi connectivity index (χ1v) is 5.25. The van der Waals surface area contributed by atoms with Crippen LogP contribution in [0.3, 0.4) is 0 Å². The molecule has 0 radical (unpaired) electrons. The van der Waals surface area contributed by atoms with Crippen LogP contribution >= 0.6 is 15.9 Å². The van der Waals surface area contributed by atoms with E-state index in [2.05, 4.69) is 26.0 Å². The first kappa shape index (κ1) is 11.4. The number of alkyl halides is 3. The van der Waals surface area contributed by atoms with Gasteiger partial charge >= 0.3 is 6.18 Å². The Hall–Kier alpha value is -1.11. The average Bonchev–Trinajstić information content (AvgIpc) is 2.65. The number of halogens is 4. The van der Waals surface area contributed by atoms with Gasteiger partial charge in [0.2, 0.25) is 0 Å². The van der Waals surface area contributed by atoms with Crippen LogP contribution in [0.1, 0.15) is 18.5 Å². The van der Waals surface area contributed by atoms with Gasteiger partial charge in [0, 0.05) is 0 Å². The van der Waals surface area contributed by atoms with Crippen LogP contribution in [0.25, 0.3) is 5.65 Å². The predicted octanol–water partition coefficient (Wildman–Crippen LogP) is 3.16. The minimum atomic E-state index is -4.29. The van der Waals surface area contributed by atoms with Crippen molar-refractivity contribution in [3.63, 3.8) is 0 Å². The number of nitrogens with zero attached hydrogens (tertiary/aromatic N) is 3. The predicted molar refractivity (Wildman–Crippen MR) is 55.2 cm³/mol. The monoisotopic (exact) mass is 293 g/mol. The fourth-order valence-electron chi connectivity index (χ4n) is 1.39. The molecule has 0 fully saturated rings. The summed E-state index contributed by atoms with van der Waals surface area (Å²) in [7, 11) is 0. The van der Waals surface area contributed by atoms with Crippen LogP contribution < -0.4 is 0 Å². The molecule has 0 saturated heterocycles. The Labute approximate surface area is 97.4 Å². The Kier molecular flexibility index (Phi) is 2.65. The highest BCUT2D eigenvalue weighted by molar-refractivity contribution is 9.10. The van der Waals surface area contributed by atoms with Gasteiger partial charge in [-0.25, -0.2) is 9.50 Å². The van der Waals surface area contributed by atoms with Crippen molar-refractivity contribution in [3.05, 3.63) is 28.6 Å². The van der Waals surface area contributed by atoms with E-state index in [1.165, 1.54) is 16.9 Å². The quantitative estimate of drug-likeness (QED) is 0.808. The van der Waals surface area contributed by atoms with Crippen molar-refractivity contribution in [2.45, 2.75) is 19.0 Å². The van der Waals surface area contributed by atoms with Crippen molar-refractivity contribution in [1.82, 2.24) is 14.6 Å². The largest absolute Gasteiger partial charge is 0.396 e. The van der Waals surface area contributed by atoms with Gasteiger partial charge in [-0.3, -0.25) is 0 Å². The number of fused-ring (bicyclic) bond motifs is 1. The highest BCUT2D eigenvalue weighted by Crippen LogP contribution is 2.34. The lowest BCUT2D eigenvalue weighted by atomic mass is 10.1. The van der Waals surface area contributed by atoms with Gasteiger partial charge in [0.1, 0.15) is 6.33 Å². The van der Waals surface area contributed by atoms with E-state index in [0.29, 0.717) is 10.1 Å². The van der Waals surface area contributed by atoms with E-state index in [0.717, 1.165) is 6.92 Å². The Morgan fingerprint density at radius 3 is 2.69 bits per heavy atom.